The largest absolute Gasteiger partial charge is 0.391 e. The van der Waals surface area contributed by atoms with Gasteiger partial charge in [-0.05, 0) is 27.2 Å². The summed E-state index contributed by atoms with van der Waals surface area (Å²) >= 11 is 0. The van der Waals surface area contributed by atoms with Gasteiger partial charge in [0.1, 0.15) is 5.82 Å². The fraction of sp³-hybridized carbons (Fsp3) is 0.765. The Hall–Kier alpha value is -1.56. The second-order valence-electron chi connectivity index (χ2n) is 8.02. The van der Waals surface area contributed by atoms with Gasteiger partial charge in [0.2, 0.25) is 0 Å². The molecule has 1 heterocycles. The van der Waals surface area contributed by atoms with Crippen LogP contribution in [0.5, 0.6) is 0 Å². The van der Waals surface area contributed by atoms with E-state index in [1.54, 1.807) is 0 Å². The van der Waals surface area contributed by atoms with E-state index in [9.17, 15) is 9.90 Å². The van der Waals surface area contributed by atoms with Crippen molar-refractivity contribution in [2.75, 3.05) is 11.9 Å². The molecule has 6 nitrogen and oxygen atoms in total. The summed E-state index contributed by atoms with van der Waals surface area (Å²) in [5.41, 5.74) is 0.586. The average Bonchev–Trinajstić information content (AvgIpc) is 2.80. The third kappa shape index (κ3) is 5.86. The van der Waals surface area contributed by atoms with Crippen LogP contribution in [0.25, 0.3) is 0 Å². The van der Waals surface area contributed by atoms with Crippen LogP contribution in [-0.4, -0.2) is 33.6 Å². The lowest BCUT2D eigenvalue weighted by Gasteiger charge is -2.23. The van der Waals surface area contributed by atoms with E-state index in [1.165, 1.54) is 0 Å². The molecule has 0 radical (unpaired) electrons. The first-order chi connectivity index (χ1) is 10.4. The Bertz CT molecular complexity index is 524. The number of urea groups is 1. The predicted molar refractivity (Wildman–Crippen MR) is 93.9 cm³/mol. The summed E-state index contributed by atoms with van der Waals surface area (Å²) in [5, 5.41) is 19.9. The molecule has 6 heteroatoms. The molecule has 3 N–H and O–H groups in total. The molecule has 0 aliphatic carbocycles. The normalized spacial score (nSPS) is 13.7. The quantitative estimate of drug-likeness (QED) is 0.778. The van der Waals surface area contributed by atoms with Crippen molar-refractivity contribution in [3.8, 4) is 0 Å². The van der Waals surface area contributed by atoms with Crippen LogP contribution in [0, 0.1) is 0 Å². The molecule has 0 fully saturated rings. The first kappa shape index (κ1) is 19.5. The molecule has 1 aromatic rings. The van der Waals surface area contributed by atoms with Crippen LogP contribution in [0.3, 0.4) is 0 Å². The fourth-order valence-corrected chi connectivity index (χ4v) is 2.15. The number of aromatic nitrogens is 2. The number of nitrogens with zero attached hydrogens (tertiary/aromatic N) is 2. The molecule has 0 bridgehead atoms. The molecule has 132 valence electrons. The van der Waals surface area contributed by atoms with Crippen molar-refractivity contribution in [1.82, 2.24) is 15.1 Å². The number of hydrogen-bond donors (Lipinski definition) is 3. The van der Waals surface area contributed by atoms with Crippen molar-refractivity contribution < 1.29 is 9.90 Å². The Kier molecular flexibility index (Phi) is 6.22. The van der Waals surface area contributed by atoms with Crippen molar-refractivity contribution in [2.45, 2.75) is 78.4 Å². The average molecular weight is 324 g/mol. The van der Waals surface area contributed by atoms with Crippen LogP contribution in [0.4, 0.5) is 10.6 Å². The minimum Gasteiger partial charge on any atom is -0.391 e. The van der Waals surface area contributed by atoms with E-state index in [2.05, 4.69) is 36.5 Å². The second kappa shape index (κ2) is 7.34. The molecule has 0 aliphatic heterocycles. The van der Waals surface area contributed by atoms with Gasteiger partial charge >= 0.3 is 6.03 Å². The van der Waals surface area contributed by atoms with Gasteiger partial charge in [0.25, 0.3) is 0 Å². The Balaban J connectivity index is 2.86. The number of aliphatic hydroxyl groups excluding tert-OH is 1. The Morgan fingerprint density at radius 1 is 1.30 bits per heavy atom. The zero-order valence-electron chi connectivity index (χ0n) is 15.5. The lowest BCUT2D eigenvalue weighted by Crippen LogP contribution is -2.36. The van der Waals surface area contributed by atoms with Crippen molar-refractivity contribution in [1.29, 1.82) is 0 Å². The van der Waals surface area contributed by atoms with E-state index in [-0.39, 0.29) is 23.5 Å². The number of anilines is 1. The van der Waals surface area contributed by atoms with E-state index < -0.39 is 6.10 Å². The van der Waals surface area contributed by atoms with Crippen LogP contribution >= 0.6 is 0 Å². The summed E-state index contributed by atoms with van der Waals surface area (Å²) in [7, 11) is 0. The smallest absolute Gasteiger partial charge is 0.320 e. The van der Waals surface area contributed by atoms with Gasteiger partial charge in [-0.15, -0.1) is 0 Å². The molecule has 0 aromatic carbocycles. The Labute approximate surface area is 139 Å². The third-order valence-corrected chi connectivity index (χ3v) is 3.47. The highest BCUT2D eigenvalue weighted by molar-refractivity contribution is 5.88. The zero-order chi connectivity index (χ0) is 17.8. The molecule has 0 spiro atoms. The van der Waals surface area contributed by atoms with Gasteiger partial charge in [-0.3, -0.25) is 5.32 Å². The second-order valence-corrected chi connectivity index (χ2v) is 8.02. The van der Waals surface area contributed by atoms with Crippen LogP contribution in [0.1, 0.15) is 67.0 Å². The summed E-state index contributed by atoms with van der Waals surface area (Å²) < 4.78 is 1.83. The maximum absolute atomic E-state index is 12.1. The monoisotopic (exact) mass is 324 g/mol. The lowest BCUT2D eigenvalue weighted by molar-refractivity contribution is 0.162. The van der Waals surface area contributed by atoms with Gasteiger partial charge in [-0.2, -0.15) is 5.10 Å². The minimum atomic E-state index is -0.511. The first-order valence-corrected chi connectivity index (χ1v) is 8.29. The van der Waals surface area contributed by atoms with E-state index in [0.29, 0.717) is 12.2 Å². The molecule has 1 rings (SSSR count). The van der Waals surface area contributed by atoms with E-state index in [0.717, 1.165) is 12.1 Å². The lowest BCUT2D eigenvalue weighted by atomic mass is 9.92. The molecule has 23 heavy (non-hydrogen) atoms. The Morgan fingerprint density at radius 2 is 1.91 bits per heavy atom. The van der Waals surface area contributed by atoms with Crippen LogP contribution in [0.2, 0.25) is 0 Å². The molecule has 0 saturated carbocycles. The molecular formula is C17H32N4O2. The number of carbonyl (C=O) groups is 1. The summed E-state index contributed by atoms with van der Waals surface area (Å²) in [6.45, 7) is 14.6. The SMILES string of the molecule is CCCC(O)CNC(=O)Nc1cc(C(C)(C)C)nn1C(C)(C)C. The van der Waals surface area contributed by atoms with Gasteiger partial charge in [-0.1, -0.05) is 34.1 Å². The summed E-state index contributed by atoms with van der Waals surface area (Å²) in [4.78, 5) is 12.1. The van der Waals surface area contributed by atoms with Crippen molar-refractivity contribution >= 4 is 11.8 Å². The summed E-state index contributed by atoms with van der Waals surface area (Å²) in [6, 6.07) is 1.58. The number of amides is 2. The third-order valence-electron chi connectivity index (χ3n) is 3.47. The number of aliphatic hydroxyl groups is 1. The first-order valence-electron chi connectivity index (χ1n) is 8.29. The molecule has 1 unspecified atom stereocenters. The molecular weight excluding hydrogens is 292 g/mol. The van der Waals surface area contributed by atoms with Crippen molar-refractivity contribution in [3.05, 3.63) is 11.8 Å². The highest BCUT2D eigenvalue weighted by Crippen LogP contribution is 2.28. The number of rotatable bonds is 5. The molecule has 0 aliphatic rings. The van der Waals surface area contributed by atoms with Gasteiger partial charge in [-0.25, -0.2) is 9.48 Å². The number of hydrogen-bond acceptors (Lipinski definition) is 3. The van der Waals surface area contributed by atoms with Crippen molar-refractivity contribution in [2.24, 2.45) is 0 Å². The zero-order valence-corrected chi connectivity index (χ0v) is 15.5. The highest BCUT2D eigenvalue weighted by atomic mass is 16.3. The Morgan fingerprint density at radius 3 is 2.39 bits per heavy atom. The predicted octanol–water partition coefficient (Wildman–Crippen LogP) is 3.22. The fourth-order valence-electron chi connectivity index (χ4n) is 2.15. The van der Waals surface area contributed by atoms with Gasteiger partial charge < -0.3 is 10.4 Å². The maximum atomic E-state index is 12.1. The van der Waals surface area contributed by atoms with E-state index in [4.69, 9.17) is 0 Å². The van der Waals surface area contributed by atoms with Crippen LogP contribution in [0.15, 0.2) is 6.07 Å². The molecule has 1 aromatic heterocycles. The minimum absolute atomic E-state index is 0.0965. The molecule has 0 saturated heterocycles. The summed E-state index contributed by atoms with van der Waals surface area (Å²) in [5.74, 6) is 0.657. The van der Waals surface area contributed by atoms with Crippen LogP contribution < -0.4 is 10.6 Å². The molecule has 1 atom stereocenters. The van der Waals surface area contributed by atoms with Gasteiger partial charge in [0, 0.05) is 18.0 Å². The standard InChI is InChI=1S/C17H32N4O2/c1-8-9-12(22)11-18-15(23)19-14-10-13(16(2,3)4)20-21(14)17(5,6)7/h10,12,22H,8-9,11H2,1-7H3,(H2,18,19,23). The van der Waals surface area contributed by atoms with E-state index >= 15 is 0 Å². The summed E-state index contributed by atoms with van der Waals surface area (Å²) in [6.07, 6.45) is 1.05. The number of carbonyl (C=O) groups excluding carboxylic acids is 1. The maximum Gasteiger partial charge on any atom is 0.320 e. The topological polar surface area (TPSA) is 79.2 Å². The highest BCUT2D eigenvalue weighted by Gasteiger charge is 2.25. The van der Waals surface area contributed by atoms with Crippen LogP contribution in [-0.2, 0) is 11.0 Å². The van der Waals surface area contributed by atoms with Gasteiger partial charge in [0.05, 0.1) is 17.3 Å². The van der Waals surface area contributed by atoms with E-state index in [1.807, 2.05) is 38.4 Å². The van der Waals surface area contributed by atoms with Crippen molar-refractivity contribution in [3.63, 3.8) is 0 Å². The number of nitrogens with one attached hydrogen (secondary N) is 2. The molecule has 2 amide bonds. The van der Waals surface area contributed by atoms with Gasteiger partial charge in [0.15, 0.2) is 0 Å².